The van der Waals surface area contributed by atoms with Gasteiger partial charge in [0, 0.05) is 22.9 Å². The quantitative estimate of drug-likeness (QED) is 0.626. The summed E-state index contributed by atoms with van der Waals surface area (Å²) in [6.45, 7) is 0. The molecule has 0 saturated carbocycles. The zero-order valence-electron chi connectivity index (χ0n) is 7.61. The Bertz CT molecular complexity index is 403. The number of carboxylic acid groups (broad SMARTS) is 1. The van der Waals surface area contributed by atoms with Crippen molar-refractivity contribution < 1.29 is 14.7 Å². The number of carbonyl (C=O) groups excluding carboxylic acids is 1. The zero-order valence-corrected chi connectivity index (χ0v) is 8.36. The topological polar surface area (TPSA) is 66.4 Å². The van der Waals surface area contributed by atoms with Crippen LogP contribution >= 0.6 is 11.6 Å². The van der Waals surface area contributed by atoms with E-state index in [0.717, 1.165) is 12.2 Å². The molecule has 0 unspecified atom stereocenters. The monoisotopic (exact) mass is 249 g/mol. The second-order valence-electron chi connectivity index (χ2n) is 2.67. The number of hydrogen-bond acceptors (Lipinski definition) is 2. The van der Waals surface area contributed by atoms with Gasteiger partial charge in [0.05, 0.1) is 0 Å². The number of rotatable bonds is 3. The van der Waals surface area contributed by atoms with E-state index in [1.807, 2.05) is 0 Å². The standard InChI is InChI=1S/C10H8ClNO3.Na.H/c11-7-1-3-8(4-2-7)12-9(13)5-6-10(14)15;;/h1-6H,(H,12,13)(H,14,15);;. The van der Waals surface area contributed by atoms with Gasteiger partial charge in [-0.25, -0.2) is 4.79 Å². The van der Waals surface area contributed by atoms with Gasteiger partial charge in [-0.3, -0.25) is 4.79 Å². The number of anilines is 1. The van der Waals surface area contributed by atoms with E-state index in [1.54, 1.807) is 24.3 Å². The molecular formula is C10H9ClNNaO3. The molecule has 4 nitrogen and oxygen atoms in total. The third-order valence-electron chi connectivity index (χ3n) is 1.49. The molecule has 0 aliphatic heterocycles. The Balaban J connectivity index is 0.00000225. The van der Waals surface area contributed by atoms with Gasteiger partial charge >= 0.3 is 35.5 Å². The summed E-state index contributed by atoms with van der Waals surface area (Å²) in [6.07, 6.45) is 1.71. The van der Waals surface area contributed by atoms with Crippen molar-refractivity contribution in [2.24, 2.45) is 0 Å². The molecule has 1 aromatic carbocycles. The Morgan fingerprint density at radius 3 is 2.25 bits per heavy atom. The molecule has 0 aromatic heterocycles. The van der Waals surface area contributed by atoms with Crippen molar-refractivity contribution in [3.63, 3.8) is 0 Å². The molecule has 0 aliphatic rings. The van der Waals surface area contributed by atoms with Crippen LogP contribution in [0.3, 0.4) is 0 Å². The van der Waals surface area contributed by atoms with Gasteiger partial charge in [0.15, 0.2) is 0 Å². The number of amides is 1. The average molecular weight is 250 g/mol. The van der Waals surface area contributed by atoms with Crippen molar-refractivity contribution in [3.8, 4) is 0 Å². The van der Waals surface area contributed by atoms with Gasteiger partial charge in [0.2, 0.25) is 5.91 Å². The predicted octanol–water partition coefficient (Wildman–Crippen LogP) is 1.27. The molecule has 0 fully saturated rings. The van der Waals surface area contributed by atoms with Gasteiger partial charge in [-0.05, 0) is 24.3 Å². The average Bonchev–Trinajstić information content (AvgIpc) is 2.19. The molecule has 80 valence electrons. The first-order valence-electron chi connectivity index (χ1n) is 4.05. The summed E-state index contributed by atoms with van der Waals surface area (Å²) in [5.41, 5.74) is 0.555. The van der Waals surface area contributed by atoms with Crippen molar-refractivity contribution in [1.29, 1.82) is 0 Å². The van der Waals surface area contributed by atoms with Crippen molar-refractivity contribution in [2.75, 3.05) is 5.32 Å². The number of halogens is 1. The number of hydrogen-bond donors (Lipinski definition) is 2. The SMILES string of the molecule is O=C(O)C=CC(=O)Nc1ccc(Cl)cc1.[NaH]. The van der Waals surface area contributed by atoms with Crippen molar-refractivity contribution >= 4 is 58.7 Å². The van der Waals surface area contributed by atoms with Gasteiger partial charge in [-0.15, -0.1) is 0 Å². The maximum absolute atomic E-state index is 11.1. The third kappa shape index (κ3) is 5.92. The van der Waals surface area contributed by atoms with Crippen LogP contribution in [0.5, 0.6) is 0 Å². The Morgan fingerprint density at radius 2 is 1.75 bits per heavy atom. The Morgan fingerprint density at radius 1 is 1.19 bits per heavy atom. The summed E-state index contributed by atoms with van der Waals surface area (Å²) in [6, 6.07) is 6.49. The van der Waals surface area contributed by atoms with Crippen LogP contribution in [0.2, 0.25) is 5.02 Å². The number of carboxylic acids is 1. The third-order valence-corrected chi connectivity index (χ3v) is 1.74. The Labute approximate surface area is 120 Å². The van der Waals surface area contributed by atoms with E-state index < -0.39 is 11.9 Å². The van der Waals surface area contributed by atoms with E-state index in [4.69, 9.17) is 16.7 Å². The summed E-state index contributed by atoms with van der Waals surface area (Å²) in [5.74, 6) is -1.67. The van der Waals surface area contributed by atoms with E-state index in [2.05, 4.69) is 5.32 Å². The molecule has 0 spiro atoms. The zero-order chi connectivity index (χ0) is 11.3. The summed E-state index contributed by atoms with van der Waals surface area (Å²) >= 11 is 5.65. The summed E-state index contributed by atoms with van der Waals surface area (Å²) < 4.78 is 0. The molecule has 0 bridgehead atoms. The van der Waals surface area contributed by atoms with Crippen LogP contribution in [0.25, 0.3) is 0 Å². The van der Waals surface area contributed by atoms with Crippen LogP contribution in [-0.2, 0) is 9.59 Å². The molecule has 6 heteroatoms. The minimum atomic E-state index is -1.17. The van der Waals surface area contributed by atoms with E-state index >= 15 is 0 Å². The number of benzene rings is 1. The normalized spacial score (nSPS) is 9.56. The molecule has 0 aliphatic carbocycles. The van der Waals surface area contributed by atoms with Crippen LogP contribution in [-0.4, -0.2) is 46.5 Å². The number of carbonyl (C=O) groups is 2. The van der Waals surface area contributed by atoms with Gasteiger partial charge in [-0.2, -0.15) is 0 Å². The summed E-state index contributed by atoms with van der Waals surface area (Å²) in [4.78, 5) is 21.2. The molecule has 2 N–H and O–H groups in total. The van der Waals surface area contributed by atoms with Gasteiger partial charge in [0.25, 0.3) is 0 Å². The van der Waals surface area contributed by atoms with Gasteiger partial charge in [0.1, 0.15) is 0 Å². The molecule has 0 saturated heterocycles. The van der Waals surface area contributed by atoms with Crippen LogP contribution in [0.15, 0.2) is 36.4 Å². The summed E-state index contributed by atoms with van der Waals surface area (Å²) in [5, 5.41) is 11.3. The van der Waals surface area contributed by atoms with Crippen molar-refractivity contribution in [2.45, 2.75) is 0 Å². The minimum absolute atomic E-state index is 0. The first-order chi connectivity index (χ1) is 7.08. The second kappa shape index (κ2) is 7.46. The fourth-order valence-electron chi connectivity index (χ4n) is 0.864. The Hall–Kier alpha value is -0.810. The molecule has 1 aromatic rings. The number of aliphatic carboxylic acids is 1. The van der Waals surface area contributed by atoms with Gasteiger partial charge < -0.3 is 10.4 Å². The van der Waals surface area contributed by atoms with Crippen LogP contribution in [0, 0.1) is 0 Å². The molecule has 16 heavy (non-hydrogen) atoms. The van der Waals surface area contributed by atoms with Crippen LogP contribution < -0.4 is 5.32 Å². The van der Waals surface area contributed by atoms with E-state index in [1.165, 1.54) is 0 Å². The fourth-order valence-corrected chi connectivity index (χ4v) is 0.990. The van der Waals surface area contributed by atoms with Crippen LogP contribution in [0.1, 0.15) is 0 Å². The molecule has 0 atom stereocenters. The predicted molar refractivity (Wildman–Crippen MR) is 64.0 cm³/mol. The van der Waals surface area contributed by atoms with E-state index in [9.17, 15) is 9.59 Å². The molecule has 0 radical (unpaired) electrons. The number of nitrogens with one attached hydrogen (secondary N) is 1. The molecular weight excluding hydrogens is 241 g/mol. The van der Waals surface area contributed by atoms with Crippen LogP contribution in [0.4, 0.5) is 5.69 Å². The van der Waals surface area contributed by atoms with Crippen molar-refractivity contribution in [1.82, 2.24) is 0 Å². The first kappa shape index (κ1) is 15.2. The Kier molecular flexibility index (Phi) is 7.08. The first-order valence-corrected chi connectivity index (χ1v) is 4.43. The molecule has 0 heterocycles. The maximum atomic E-state index is 11.1. The molecule has 1 rings (SSSR count). The van der Waals surface area contributed by atoms with E-state index in [-0.39, 0.29) is 29.6 Å². The van der Waals surface area contributed by atoms with E-state index in [0.29, 0.717) is 10.7 Å². The van der Waals surface area contributed by atoms with Crippen molar-refractivity contribution in [3.05, 3.63) is 41.4 Å². The second-order valence-corrected chi connectivity index (χ2v) is 3.10. The van der Waals surface area contributed by atoms with Gasteiger partial charge in [-0.1, -0.05) is 11.6 Å². The summed E-state index contributed by atoms with van der Waals surface area (Å²) in [7, 11) is 0. The molecule has 1 amide bonds. The fraction of sp³-hybridized carbons (Fsp3) is 0.